The molecule has 4 aliphatic heterocycles. The van der Waals surface area contributed by atoms with E-state index >= 15 is 0 Å². The number of phenolic OH excluding ortho intramolecular Hbond substituents is 1. The van der Waals surface area contributed by atoms with Crippen LogP contribution in [0.1, 0.15) is 56.1 Å². The number of halogens is 1. The lowest BCUT2D eigenvalue weighted by atomic mass is 9.91. The Morgan fingerprint density at radius 3 is 2.38 bits per heavy atom. The summed E-state index contributed by atoms with van der Waals surface area (Å²) >= 11 is 3.32. The van der Waals surface area contributed by atoms with Crippen molar-refractivity contribution in [3.63, 3.8) is 0 Å². The van der Waals surface area contributed by atoms with Gasteiger partial charge in [0.15, 0.2) is 6.10 Å². The molecule has 0 spiro atoms. The normalized spacial score (nSPS) is 21.5. The molecule has 0 aromatic heterocycles. The van der Waals surface area contributed by atoms with E-state index in [9.17, 15) is 24.3 Å². The summed E-state index contributed by atoms with van der Waals surface area (Å²) in [5.74, 6) is -0.597. The highest BCUT2D eigenvalue weighted by Gasteiger charge is 2.39. The maximum atomic E-state index is 14.1. The van der Waals surface area contributed by atoms with Crippen LogP contribution >= 0.6 is 15.9 Å². The standard InChI is InChI=1S/C36H45BBrN5O7/c1-49-34(46)30-8-4-5-14-42(30)25-10-15-40(16-11-25)33(45)31(22-23-20-27(37)32(44)28(38)21-23)50-36(48)41-17-12-26(13-18-41)43-19-9-24-6-2-3-7-29(24)39-35(43)47/h2-3,6-7,20-21,25-26,30-31,44H,4-5,8-19,22H2,1H3,(H,39,47)/t30-,31+/m0/s1. The maximum absolute atomic E-state index is 14.1. The number of hydrogen-bond acceptors (Lipinski definition) is 8. The number of amides is 4. The average molecular weight is 751 g/mol. The largest absolute Gasteiger partial charge is 0.507 e. The molecular weight excluding hydrogens is 705 g/mol. The number of piperidine rings is 3. The number of ether oxygens (including phenoxy) is 2. The van der Waals surface area contributed by atoms with Gasteiger partial charge in [0.1, 0.15) is 19.6 Å². The van der Waals surface area contributed by atoms with Gasteiger partial charge >= 0.3 is 18.1 Å². The predicted molar refractivity (Wildman–Crippen MR) is 192 cm³/mol. The molecule has 0 saturated carbocycles. The molecule has 14 heteroatoms. The summed E-state index contributed by atoms with van der Waals surface area (Å²) in [7, 11) is 7.44. The molecule has 6 rings (SSSR count). The Labute approximate surface area is 302 Å². The van der Waals surface area contributed by atoms with Crippen molar-refractivity contribution in [2.75, 3.05) is 51.7 Å². The number of anilines is 1. The van der Waals surface area contributed by atoms with Crippen molar-refractivity contribution in [3.05, 3.63) is 52.0 Å². The van der Waals surface area contributed by atoms with Gasteiger partial charge in [-0.15, -0.1) is 0 Å². The quantitative estimate of drug-likeness (QED) is 0.325. The summed E-state index contributed by atoms with van der Waals surface area (Å²) < 4.78 is 11.5. The fraction of sp³-hybridized carbons (Fsp3) is 0.556. The van der Waals surface area contributed by atoms with Crippen molar-refractivity contribution >= 4 is 58.9 Å². The summed E-state index contributed by atoms with van der Waals surface area (Å²) in [6.45, 7) is 3.14. The lowest BCUT2D eigenvalue weighted by Crippen LogP contribution is -2.55. The predicted octanol–water partition coefficient (Wildman–Crippen LogP) is 3.57. The van der Waals surface area contributed by atoms with Crippen LogP contribution in [0.4, 0.5) is 15.3 Å². The second-order valence-electron chi connectivity index (χ2n) is 13.7. The van der Waals surface area contributed by atoms with E-state index in [0.717, 1.165) is 43.5 Å². The summed E-state index contributed by atoms with van der Waals surface area (Å²) in [5.41, 5.74) is 2.72. The van der Waals surface area contributed by atoms with Gasteiger partial charge in [-0.1, -0.05) is 36.1 Å². The molecular formula is C36H45BBrN5O7. The van der Waals surface area contributed by atoms with E-state index in [0.29, 0.717) is 68.4 Å². The SMILES string of the molecule is [B]c1cc(C[C@@H](OC(=O)N2CCC(N3CCc4ccccc4NC3=O)CC2)C(=O)N2CCC(N3CCCC[C@H]3C(=O)OC)CC2)cc(Br)c1O. The number of methoxy groups -OCH3 is 1. The first-order valence-electron chi connectivity index (χ1n) is 17.6. The lowest BCUT2D eigenvalue weighted by molar-refractivity contribution is -0.151. The first-order chi connectivity index (χ1) is 24.1. The van der Waals surface area contributed by atoms with Crippen LogP contribution in [0.5, 0.6) is 5.75 Å². The van der Waals surface area contributed by atoms with E-state index in [4.69, 9.17) is 17.3 Å². The number of esters is 1. The number of likely N-dealkylation sites (tertiary alicyclic amines) is 3. The number of fused-ring (bicyclic) bond motifs is 1. The van der Waals surface area contributed by atoms with E-state index in [2.05, 4.69) is 26.1 Å². The zero-order chi connectivity index (χ0) is 35.4. The van der Waals surface area contributed by atoms with Gasteiger partial charge in [0.2, 0.25) is 0 Å². The van der Waals surface area contributed by atoms with Crippen LogP contribution in [0.3, 0.4) is 0 Å². The van der Waals surface area contributed by atoms with Gasteiger partial charge in [-0.2, -0.15) is 0 Å². The van der Waals surface area contributed by atoms with Crippen LogP contribution in [0, 0.1) is 0 Å². The first kappa shape index (κ1) is 36.0. The fourth-order valence-electron chi connectivity index (χ4n) is 7.89. The first-order valence-corrected chi connectivity index (χ1v) is 18.4. The van der Waals surface area contributed by atoms with Gasteiger partial charge in [0.25, 0.3) is 5.91 Å². The van der Waals surface area contributed by atoms with Crippen molar-refractivity contribution < 1.29 is 33.8 Å². The molecule has 4 aliphatic rings. The van der Waals surface area contributed by atoms with Gasteiger partial charge in [-0.3, -0.25) is 14.5 Å². The van der Waals surface area contributed by atoms with Crippen LogP contribution in [-0.4, -0.2) is 127 Å². The maximum Gasteiger partial charge on any atom is 0.410 e. The number of urea groups is 1. The molecule has 4 amide bonds. The molecule has 0 unspecified atom stereocenters. The molecule has 2 aromatic rings. The Balaban J connectivity index is 1.09. The van der Waals surface area contributed by atoms with E-state index in [1.165, 1.54) is 7.11 Å². The number of carbonyl (C=O) groups excluding carboxylic acids is 4. The highest BCUT2D eigenvalue weighted by molar-refractivity contribution is 9.10. The molecule has 50 heavy (non-hydrogen) atoms. The van der Waals surface area contributed by atoms with Crippen molar-refractivity contribution in [1.82, 2.24) is 19.6 Å². The Kier molecular flexibility index (Phi) is 11.6. The molecule has 0 aliphatic carbocycles. The molecule has 266 valence electrons. The third-order valence-electron chi connectivity index (χ3n) is 10.7. The van der Waals surface area contributed by atoms with Crippen LogP contribution in [-0.2, 0) is 31.9 Å². The van der Waals surface area contributed by atoms with Crippen molar-refractivity contribution in [2.24, 2.45) is 0 Å². The number of phenols is 1. The van der Waals surface area contributed by atoms with E-state index in [-0.39, 0.29) is 53.7 Å². The monoisotopic (exact) mass is 749 g/mol. The zero-order valence-corrected chi connectivity index (χ0v) is 30.1. The third kappa shape index (κ3) is 8.06. The minimum absolute atomic E-state index is 0.0249. The highest BCUT2D eigenvalue weighted by atomic mass is 79.9. The number of hydrogen-bond donors (Lipinski definition) is 2. The van der Waals surface area contributed by atoms with E-state index in [1.807, 2.05) is 29.2 Å². The van der Waals surface area contributed by atoms with Gasteiger partial charge < -0.3 is 34.6 Å². The summed E-state index contributed by atoms with van der Waals surface area (Å²) in [6, 6.07) is 10.8. The van der Waals surface area contributed by atoms with Crippen molar-refractivity contribution in [2.45, 2.75) is 82.0 Å². The zero-order valence-electron chi connectivity index (χ0n) is 28.5. The van der Waals surface area contributed by atoms with Crippen LogP contribution < -0.4 is 10.8 Å². The fourth-order valence-corrected chi connectivity index (χ4v) is 8.41. The van der Waals surface area contributed by atoms with Crippen LogP contribution in [0.15, 0.2) is 40.9 Å². The minimum atomic E-state index is -1.11. The number of nitrogens with one attached hydrogen (secondary N) is 1. The van der Waals surface area contributed by atoms with E-state index < -0.39 is 12.2 Å². The molecule has 0 bridgehead atoms. The second kappa shape index (κ2) is 16.1. The second-order valence-corrected chi connectivity index (χ2v) is 14.5. The Bertz CT molecular complexity index is 1560. The summed E-state index contributed by atoms with van der Waals surface area (Å²) in [5, 5.41) is 13.2. The molecule has 2 aromatic carbocycles. The Morgan fingerprint density at radius 1 is 0.960 bits per heavy atom. The van der Waals surface area contributed by atoms with Crippen LogP contribution in [0.25, 0.3) is 0 Å². The third-order valence-corrected chi connectivity index (χ3v) is 11.3. The molecule has 3 saturated heterocycles. The summed E-state index contributed by atoms with van der Waals surface area (Å²) in [6.07, 6.45) is 4.49. The summed E-state index contributed by atoms with van der Waals surface area (Å²) in [4.78, 5) is 60.8. The topological polar surface area (TPSA) is 132 Å². The minimum Gasteiger partial charge on any atom is -0.507 e. The number of aromatic hydroxyl groups is 1. The smallest absolute Gasteiger partial charge is 0.410 e. The lowest BCUT2D eigenvalue weighted by Gasteiger charge is -2.44. The Morgan fingerprint density at radius 2 is 1.66 bits per heavy atom. The Hall–Kier alpha value is -3.78. The molecule has 4 heterocycles. The van der Waals surface area contributed by atoms with E-state index in [1.54, 1.807) is 21.9 Å². The molecule has 2 atom stereocenters. The average Bonchev–Trinajstić information content (AvgIpc) is 3.31. The molecule has 2 N–H and O–H groups in total. The van der Waals surface area contributed by atoms with Crippen molar-refractivity contribution in [3.8, 4) is 5.75 Å². The van der Waals surface area contributed by atoms with Gasteiger partial charge in [-0.05, 0) is 90.7 Å². The molecule has 12 nitrogen and oxygen atoms in total. The number of carbonyl (C=O) groups is 4. The molecule has 3 fully saturated rings. The number of rotatable bonds is 7. The number of benzene rings is 2. The van der Waals surface area contributed by atoms with Crippen molar-refractivity contribution in [1.29, 1.82) is 0 Å². The number of para-hydroxylation sites is 1. The van der Waals surface area contributed by atoms with Gasteiger partial charge in [-0.25, -0.2) is 9.59 Å². The van der Waals surface area contributed by atoms with Gasteiger partial charge in [0.05, 0.1) is 11.6 Å². The molecule has 2 radical (unpaired) electrons. The number of nitrogens with zero attached hydrogens (tertiary/aromatic N) is 4. The highest BCUT2D eigenvalue weighted by Crippen LogP contribution is 2.29. The van der Waals surface area contributed by atoms with Gasteiger partial charge in [0, 0.05) is 56.9 Å². The van der Waals surface area contributed by atoms with Crippen LogP contribution in [0.2, 0.25) is 0 Å².